The molecule has 2 aromatic heterocycles. The Labute approximate surface area is 96.3 Å². The number of halogens is 1. The number of rotatable bonds is 3. The van der Waals surface area contributed by atoms with Crippen molar-refractivity contribution in [2.75, 3.05) is 5.32 Å². The molecule has 2 heterocycles. The van der Waals surface area contributed by atoms with E-state index in [-0.39, 0.29) is 0 Å². The van der Waals surface area contributed by atoms with Gasteiger partial charge in [0.2, 0.25) is 0 Å². The van der Waals surface area contributed by atoms with Crippen LogP contribution in [0.15, 0.2) is 29.0 Å². The fraction of sp³-hybridized carbons (Fsp3) is 0.200. The van der Waals surface area contributed by atoms with Gasteiger partial charge in [-0.1, -0.05) is 0 Å². The first-order valence-electron chi connectivity index (χ1n) is 4.61. The monoisotopic (exact) mass is 266 g/mol. The van der Waals surface area contributed by atoms with Crippen LogP contribution in [0.2, 0.25) is 0 Å². The van der Waals surface area contributed by atoms with Gasteiger partial charge in [0.25, 0.3) is 0 Å². The number of hydrogen-bond acceptors (Lipinski definition) is 3. The number of hydrogen-bond donors (Lipinski definition) is 2. The van der Waals surface area contributed by atoms with Gasteiger partial charge in [-0.3, -0.25) is 5.10 Å². The highest BCUT2D eigenvalue weighted by molar-refractivity contribution is 9.10. The second-order valence-corrected chi connectivity index (χ2v) is 4.01. The Morgan fingerprint density at radius 2 is 2.27 bits per heavy atom. The number of nitrogens with zero attached hydrogens (tertiary/aromatic N) is 2. The fourth-order valence-corrected chi connectivity index (χ4v) is 1.69. The fourth-order valence-electron chi connectivity index (χ4n) is 1.29. The summed E-state index contributed by atoms with van der Waals surface area (Å²) in [5.41, 5.74) is 3.06. The average Bonchev–Trinajstić information content (AvgIpc) is 2.69. The van der Waals surface area contributed by atoms with Gasteiger partial charge in [-0.15, -0.1) is 0 Å². The molecule has 0 amide bonds. The van der Waals surface area contributed by atoms with Gasteiger partial charge >= 0.3 is 0 Å². The number of pyridine rings is 1. The van der Waals surface area contributed by atoms with E-state index in [0.29, 0.717) is 0 Å². The van der Waals surface area contributed by atoms with E-state index in [9.17, 15) is 0 Å². The van der Waals surface area contributed by atoms with Gasteiger partial charge in [0.15, 0.2) is 0 Å². The van der Waals surface area contributed by atoms with E-state index in [1.165, 1.54) is 0 Å². The summed E-state index contributed by atoms with van der Waals surface area (Å²) in [5, 5.41) is 10.1. The highest BCUT2D eigenvalue weighted by atomic mass is 79.9. The Hall–Kier alpha value is -1.36. The minimum Gasteiger partial charge on any atom is -0.378 e. The summed E-state index contributed by atoms with van der Waals surface area (Å²) >= 11 is 3.33. The molecule has 0 aliphatic rings. The quantitative estimate of drug-likeness (QED) is 0.840. The van der Waals surface area contributed by atoms with Crippen molar-refractivity contribution in [3.8, 4) is 0 Å². The third-order valence-electron chi connectivity index (χ3n) is 2.08. The van der Waals surface area contributed by atoms with Crippen molar-refractivity contribution < 1.29 is 0 Å². The first-order valence-corrected chi connectivity index (χ1v) is 5.40. The third-order valence-corrected chi connectivity index (χ3v) is 2.52. The molecular formula is C10H11BrN4. The summed E-state index contributed by atoms with van der Waals surface area (Å²) in [6, 6.07) is 5.86. The van der Waals surface area contributed by atoms with Gasteiger partial charge in [-0.2, -0.15) is 5.10 Å². The zero-order chi connectivity index (χ0) is 10.7. The normalized spacial score (nSPS) is 10.3. The van der Waals surface area contributed by atoms with Crippen LogP contribution >= 0.6 is 15.9 Å². The van der Waals surface area contributed by atoms with Crippen molar-refractivity contribution in [3.63, 3.8) is 0 Å². The van der Waals surface area contributed by atoms with E-state index in [1.807, 2.05) is 25.1 Å². The largest absolute Gasteiger partial charge is 0.378 e. The Kier molecular flexibility index (Phi) is 3.01. The summed E-state index contributed by atoms with van der Waals surface area (Å²) in [6.07, 6.45) is 1.74. The molecule has 0 bridgehead atoms. The second-order valence-electron chi connectivity index (χ2n) is 3.20. The number of anilines is 1. The Balaban J connectivity index is 2.05. The molecule has 0 spiro atoms. The lowest BCUT2D eigenvalue weighted by molar-refractivity contribution is 0.976. The smallest absolute Gasteiger partial charge is 0.106 e. The molecule has 0 aromatic carbocycles. The maximum absolute atomic E-state index is 4.30. The van der Waals surface area contributed by atoms with Crippen molar-refractivity contribution in [1.29, 1.82) is 0 Å². The molecule has 0 saturated carbocycles. The highest BCUT2D eigenvalue weighted by Gasteiger charge is 2.00. The lowest BCUT2D eigenvalue weighted by atomic mass is 10.3. The number of aryl methyl sites for hydroxylation is 1. The standard InChI is InChI=1S/C10H11BrN4/c1-7-9(2-3-10(11)14-7)12-6-8-4-5-13-15-8/h2-5,12H,6H2,1H3,(H,13,15). The van der Waals surface area contributed by atoms with Crippen LogP contribution < -0.4 is 5.32 Å². The van der Waals surface area contributed by atoms with Crippen LogP contribution in [-0.4, -0.2) is 15.2 Å². The number of aromatic nitrogens is 3. The van der Waals surface area contributed by atoms with Crippen LogP contribution in [0, 0.1) is 6.92 Å². The van der Waals surface area contributed by atoms with E-state index in [1.54, 1.807) is 6.20 Å². The van der Waals surface area contributed by atoms with Crippen molar-refractivity contribution in [3.05, 3.63) is 40.4 Å². The van der Waals surface area contributed by atoms with Crippen molar-refractivity contribution in [2.45, 2.75) is 13.5 Å². The molecule has 0 aliphatic carbocycles. The zero-order valence-corrected chi connectivity index (χ0v) is 9.87. The molecule has 2 rings (SSSR count). The van der Waals surface area contributed by atoms with Crippen molar-refractivity contribution in [2.24, 2.45) is 0 Å². The topological polar surface area (TPSA) is 53.6 Å². The second kappa shape index (κ2) is 4.44. The maximum Gasteiger partial charge on any atom is 0.106 e. The minimum atomic E-state index is 0.726. The summed E-state index contributed by atoms with van der Waals surface area (Å²) in [7, 11) is 0. The van der Waals surface area contributed by atoms with Gasteiger partial charge in [0.05, 0.1) is 23.6 Å². The van der Waals surface area contributed by atoms with E-state index >= 15 is 0 Å². The molecule has 15 heavy (non-hydrogen) atoms. The molecule has 0 unspecified atom stereocenters. The van der Waals surface area contributed by atoms with E-state index in [4.69, 9.17) is 0 Å². The van der Waals surface area contributed by atoms with Crippen molar-refractivity contribution >= 4 is 21.6 Å². The van der Waals surface area contributed by atoms with Crippen LogP contribution in [0.25, 0.3) is 0 Å². The van der Waals surface area contributed by atoms with Crippen LogP contribution in [-0.2, 0) is 6.54 Å². The van der Waals surface area contributed by atoms with Crippen LogP contribution in [0.3, 0.4) is 0 Å². The lowest BCUT2D eigenvalue weighted by Gasteiger charge is -2.07. The molecule has 2 N–H and O–H groups in total. The molecule has 5 heteroatoms. The van der Waals surface area contributed by atoms with Gasteiger partial charge in [-0.25, -0.2) is 4.98 Å². The summed E-state index contributed by atoms with van der Waals surface area (Å²) < 4.78 is 0.854. The predicted molar refractivity (Wildman–Crippen MR) is 62.6 cm³/mol. The number of aromatic amines is 1. The first-order chi connectivity index (χ1) is 7.25. The summed E-state index contributed by atoms with van der Waals surface area (Å²) in [5.74, 6) is 0. The highest BCUT2D eigenvalue weighted by Crippen LogP contribution is 2.16. The maximum atomic E-state index is 4.30. The number of H-pyrrole nitrogens is 1. The van der Waals surface area contributed by atoms with Gasteiger partial charge < -0.3 is 5.32 Å². The Morgan fingerprint density at radius 1 is 1.40 bits per heavy atom. The van der Waals surface area contributed by atoms with Gasteiger partial charge in [-0.05, 0) is 41.1 Å². The molecule has 0 fully saturated rings. The molecule has 0 radical (unpaired) electrons. The SMILES string of the molecule is Cc1nc(Br)ccc1NCc1ccn[nH]1. The van der Waals surface area contributed by atoms with Crippen LogP contribution in [0.4, 0.5) is 5.69 Å². The van der Waals surface area contributed by atoms with Gasteiger partial charge in [0.1, 0.15) is 4.60 Å². The molecule has 0 aliphatic heterocycles. The molecule has 2 aromatic rings. The van der Waals surface area contributed by atoms with E-state index in [0.717, 1.165) is 28.2 Å². The molecule has 0 saturated heterocycles. The molecule has 78 valence electrons. The lowest BCUT2D eigenvalue weighted by Crippen LogP contribution is -2.02. The van der Waals surface area contributed by atoms with Gasteiger partial charge in [0, 0.05) is 6.20 Å². The van der Waals surface area contributed by atoms with E-state index < -0.39 is 0 Å². The minimum absolute atomic E-state index is 0.726. The predicted octanol–water partition coefficient (Wildman–Crippen LogP) is 2.49. The third kappa shape index (κ3) is 2.56. The molecule has 0 atom stereocenters. The van der Waals surface area contributed by atoms with Crippen LogP contribution in [0.1, 0.15) is 11.4 Å². The van der Waals surface area contributed by atoms with Crippen LogP contribution in [0.5, 0.6) is 0 Å². The first kappa shape index (κ1) is 10.2. The van der Waals surface area contributed by atoms with Crippen molar-refractivity contribution in [1.82, 2.24) is 15.2 Å². The summed E-state index contributed by atoms with van der Waals surface area (Å²) in [4.78, 5) is 4.30. The zero-order valence-electron chi connectivity index (χ0n) is 8.29. The van der Waals surface area contributed by atoms with E-state index in [2.05, 4.69) is 36.4 Å². The Morgan fingerprint density at radius 3 is 2.93 bits per heavy atom. The molecule has 4 nitrogen and oxygen atoms in total. The summed E-state index contributed by atoms with van der Waals surface area (Å²) in [6.45, 7) is 2.70. The molecular weight excluding hydrogens is 256 g/mol. The Bertz CT molecular complexity index is 439. The average molecular weight is 267 g/mol. The number of nitrogens with one attached hydrogen (secondary N) is 2.